The average molecular weight is 333 g/mol. The van der Waals surface area contributed by atoms with Gasteiger partial charge >= 0.3 is 0 Å². The summed E-state index contributed by atoms with van der Waals surface area (Å²) < 4.78 is 1.85. The third-order valence-corrected chi connectivity index (χ3v) is 4.97. The fourth-order valence-electron chi connectivity index (χ4n) is 2.24. The highest BCUT2D eigenvalue weighted by Gasteiger charge is 2.06. The van der Waals surface area contributed by atoms with Gasteiger partial charge in [-0.15, -0.1) is 11.3 Å². The minimum absolute atomic E-state index is 0.838. The predicted molar refractivity (Wildman–Crippen MR) is 93.9 cm³/mol. The highest BCUT2D eigenvalue weighted by Crippen LogP contribution is 2.16. The standard InChI is InChI=1S/C15H19N5S2/c1-3-11-8-14(20-13(18-11)5-7-17-20)16-6-4-12-9-22-15(19-12)10-21-2/h5,7-9,16H,3-4,6,10H2,1-2H3. The van der Waals surface area contributed by atoms with Gasteiger partial charge in [0.25, 0.3) is 0 Å². The first-order valence-electron chi connectivity index (χ1n) is 7.30. The Kier molecular flexibility index (Phi) is 4.94. The number of thioether (sulfide) groups is 1. The maximum absolute atomic E-state index is 4.64. The number of fused-ring (bicyclic) bond motifs is 1. The Bertz CT molecular complexity index is 749. The molecule has 1 N–H and O–H groups in total. The molecule has 0 spiro atoms. The summed E-state index contributed by atoms with van der Waals surface area (Å²) in [6.45, 7) is 2.95. The molecular formula is C15H19N5S2. The van der Waals surface area contributed by atoms with Gasteiger partial charge in [-0.05, 0) is 12.7 Å². The van der Waals surface area contributed by atoms with Crippen molar-refractivity contribution in [1.82, 2.24) is 19.6 Å². The van der Waals surface area contributed by atoms with Crippen LogP contribution in [0.1, 0.15) is 23.3 Å². The van der Waals surface area contributed by atoms with E-state index in [1.54, 1.807) is 17.5 Å². The number of thiazole rings is 1. The van der Waals surface area contributed by atoms with Crippen LogP contribution in [-0.2, 0) is 18.6 Å². The van der Waals surface area contributed by atoms with Crippen molar-refractivity contribution in [1.29, 1.82) is 0 Å². The van der Waals surface area contributed by atoms with Crippen LogP contribution in [0, 0.1) is 0 Å². The number of anilines is 1. The normalized spacial score (nSPS) is 11.2. The molecule has 22 heavy (non-hydrogen) atoms. The van der Waals surface area contributed by atoms with E-state index < -0.39 is 0 Å². The fraction of sp³-hybridized carbons (Fsp3) is 0.400. The molecule has 0 aliphatic carbocycles. The summed E-state index contributed by atoms with van der Waals surface area (Å²) >= 11 is 3.55. The molecule has 3 aromatic rings. The zero-order chi connectivity index (χ0) is 15.4. The Balaban J connectivity index is 1.66. The first-order valence-corrected chi connectivity index (χ1v) is 9.57. The number of nitrogens with zero attached hydrogens (tertiary/aromatic N) is 4. The second kappa shape index (κ2) is 7.11. The van der Waals surface area contributed by atoms with E-state index in [0.717, 1.165) is 48.0 Å². The Labute approximate surface area is 138 Å². The van der Waals surface area contributed by atoms with Gasteiger partial charge in [0, 0.05) is 41.9 Å². The Morgan fingerprint density at radius 2 is 2.23 bits per heavy atom. The van der Waals surface area contributed by atoms with Crippen LogP contribution < -0.4 is 5.32 Å². The van der Waals surface area contributed by atoms with Gasteiger partial charge in [-0.2, -0.15) is 21.4 Å². The molecule has 0 aliphatic heterocycles. The van der Waals surface area contributed by atoms with Crippen LogP contribution in [0.5, 0.6) is 0 Å². The summed E-state index contributed by atoms with van der Waals surface area (Å²) in [5.41, 5.74) is 3.12. The van der Waals surface area contributed by atoms with Gasteiger partial charge in [0.15, 0.2) is 5.65 Å². The van der Waals surface area contributed by atoms with E-state index in [1.807, 2.05) is 22.3 Å². The molecule has 0 amide bonds. The van der Waals surface area contributed by atoms with E-state index in [1.165, 1.54) is 5.01 Å². The minimum Gasteiger partial charge on any atom is -0.370 e. The van der Waals surface area contributed by atoms with Crippen molar-refractivity contribution in [2.24, 2.45) is 0 Å². The molecule has 0 atom stereocenters. The van der Waals surface area contributed by atoms with Crippen LogP contribution >= 0.6 is 23.1 Å². The third kappa shape index (κ3) is 3.41. The highest BCUT2D eigenvalue weighted by molar-refractivity contribution is 7.97. The van der Waals surface area contributed by atoms with E-state index in [9.17, 15) is 0 Å². The monoisotopic (exact) mass is 333 g/mol. The van der Waals surface area contributed by atoms with Crippen LogP contribution in [0.15, 0.2) is 23.7 Å². The van der Waals surface area contributed by atoms with Gasteiger partial charge in [-0.3, -0.25) is 0 Å². The molecule has 0 bridgehead atoms. The Hall–Kier alpha value is -1.60. The molecule has 0 aromatic carbocycles. The summed E-state index contributed by atoms with van der Waals surface area (Å²) in [6, 6.07) is 4.00. The average Bonchev–Trinajstić information content (AvgIpc) is 3.16. The van der Waals surface area contributed by atoms with Crippen LogP contribution in [0.4, 0.5) is 5.82 Å². The van der Waals surface area contributed by atoms with Crippen molar-refractivity contribution in [3.8, 4) is 0 Å². The molecule has 0 unspecified atom stereocenters. The molecule has 7 heteroatoms. The van der Waals surface area contributed by atoms with Gasteiger partial charge < -0.3 is 5.32 Å². The number of hydrogen-bond donors (Lipinski definition) is 1. The number of aromatic nitrogens is 4. The molecule has 0 radical (unpaired) electrons. The molecule has 0 saturated heterocycles. The topological polar surface area (TPSA) is 55.1 Å². The van der Waals surface area contributed by atoms with Crippen molar-refractivity contribution >= 4 is 34.6 Å². The summed E-state index contributed by atoms with van der Waals surface area (Å²) in [6.07, 6.45) is 5.71. The van der Waals surface area contributed by atoms with Crippen molar-refractivity contribution in [3.63, 3.8) is 0 Å². The smallest absolute Gasteiger partial charge is 0.157 e. The quantitative estimate of drug-likeness (QED) is 0.719. The molecule has 3 aromatic heterocycles. The summed E-state index contributed by atoms with van der Waals surface area (Å²) in [5, 5.41) is 11.1. The molecule has 0 aliphatic rings. The van der Waals surface area contributed by atoms with Crippen LogP contribution in [0.2, 0.25) is 0 Å². The van der Waals surface area contributed by atoms with Crippen molar-refractivity contribution in [2.45, 2.75) is 25.5 Å². The van der Waals surface area contributed by atoms with Crippen LogP contribution in [0.25, 0.3) is 5.65 Å². The Morgan fingerprint density at radius 3 is 3.05 bits per heavy atom. The lowest BCUT2D eigenvalue weighted by molar-refractivity contribution is 0.887. The molecular weight excluding hydrogens is 314 g/mol. The van der Waals surface area contributed by atoms with Crippen LogP contribution in [-0.4, -0.2) is 32.4 Å². The van der Waals surface area contributed by atoms with E-state index in [-0.39, 0.29) is 0 Å². The van der Waals surface area contributed by atoms with Crippen molar-refractivity contribution in [3.05, 3.63) is 40.1 Å². The number of nitrogens with one attached hydrogen (secondary N) is 1. The largest absolute Gasteiger partial charge is 0.370 e. The van der Waals surface area contributed by atoms with Crippen LogP contribution in [0.3, 0.4) is 0 Å². The fourth-order valence-corrected chi connectivity index (χ4v) is 3.79. The maximum Gasteiger partial charge on any atom is 0.157 e. The van der Waals surface area contributed by atoms with E-state index >= 15 is 0 Å². The lowest BCUT2D eigenvalue weighted by Crippen LogP contribution is -2.10. The summed E-state index contributed by atoms with van der Waals surface area (Å²) in [7, 11) is 0. The van der Waals surface area contributed by atoms with Crippen molar-refractivity contribution < 1.29 is 0 Å². The first-order chi connectivity index (χ1) is 10.8. The number of hydrogen-bond acceptors (Lipinski definition) is 6. The van der Waals surface area contributed by atoms with E-state index in [0.29, 0.717) is 0 Å². The number of rotatable bonds is 7. The molecule has 3 heterocycles. The van der Waals surface area contributed by atoms with E-state index in [4.69, 9.17) is 0 Å². The van der Waals surface area contributed by atoms with Gasteiger partial charge in [0.05, 0.1) is 11.9 Å². The summed E-state index contributed by atoms with van der Waals surface area (Å²) in [5.74, 6) is 1.99. The Morgan fingerprint density at radius 1 is 1.32 bits per heavy atom. The highest BCUT2D eigenvalue weighted by atomic mass is 32.2. The number of aryl methyl sites for hydroxylation is 1. The SMILES string of the molecule is CCc1cc(NCCc2csc(CSC)n2)n2nccc2n1. The van der Waals surface area contributed by atoms with Gasteiger partial charge in [-0.1, -0.05) is 6.92 Å². The van der Waals surface area contributed by atoms with Gasteiger partial charge in [-0.25, -0.2) is 9.97 Å². The third-order valence-electron chi connectivity index (χ3n) is 3.33. The molecule has 3 rings (SSSR count). The zero-order valence-electron chi connectivity index (χ0n) is 12.7. The predicted octanol–water partition coefficient (Wildman–Crippen LogP) is 3.27. The molecule has 5 nitrogen and oxygen atoms in total. The van der Waals surface area contributed by atoms with Gasteiger partial charge in [0.1, 0.15) is 10.8 Å². The van der Waals surface area contributed by atoms with Gasteiger partial charge in [0.2, 0.25) is 0 Å². The second-order valence-corrected chi connectivity index (χ2v) is 6.74. The minimum atomic E-state index is 0.838. The maximum atomic E-state index is 4.64. The molecule has 116 valence electrons. The molecule has 0 saturated carbocycles. The van der Waals surface area contributed by atoms with E-state index in [2.05, 4.69) is 45.0 Å². The first kappa shape index (κ1) is 15.3. The molecule has 0 fully saturated rings. The lowest BCUT2D eigenvalue weighted by atomic mass is 10.3. The lowest BCUT2D eigenvalue weighted by Gasteiger charge is -2.09. The van der Waals surface area contributed by atoms with Crippen molar-refractivity contribution in [2.75, 3.05) is 18.1 Å². The second-order valence-electron chi connectivity index (χ2n) is 4.93. The zero-order valence-corrected chi connectivity index (χ0v) is 14.4. The summed E-state index contributed by atoms with van der Waals surface area (Å²) in [4.78, 5) is 9.19.